The Morgan fingerprint density at radius 3 is 3.00 bits per heavy atom. The molecule has 1 fully saturated rings. The molecular weight excluding hydrogens is 379 g/mol. The molecule has 1 N–H and O–H groups in total. The maximum atomic E-state index is 14.3. The highest BCUT2D eigenvalue weighted by Crippen LogP contribution is 2.32. The molecule has 0 radical (unpaired) electrons. The lowest BCUT2D eigenvalue weighted by Gasteiger charge is -2.15. The summed E-state index contributed by atoms with van der Waals surface area (Å²) in [4.78, 5) is 22.2. The first-order valence-corrected chi connectivity index (χ1v) is 9.31. The van der Waals surface area contributed by atoms with E-state index in [1.165, 1.54) is 18.5 Å². The van der Waals surface area contributed by atoms with E-state index in [1.54, 1.807) is 17.0 Å². The normalized spacial score (nSPS) is 16.4. The van der Waals surface area contributed by atoms with Crippen LogP contribution in [0.25, 0.3) is 10.9 Å². The van der Waals surface area contributed by atoms with Crippen LogP contribution in [0.15, 0.2) is 55.4 Å². The molecule has 28 heavy (non-hydrogen) atoms. The lowest BCUT2D eigenvalue weighted by atomic mass is 9.97. The summed E-state index contributed by atoms with van der Waals surface area (Å²) in [5, 5.41) is 3.85. The molecule has 0 spiro atoms. The Labute approximate surface area is 166 Å². The Morgan fingerprint density at radius 1 is 1.32 bits per heavy atom. The number of aromatic nitrogens is 2. The van der Waals surface area contributed by atoms with E-state index in [0.717, 1.165) is 22.9 Å². The van der Waals surface area contributed by atoms with Gasteiger partial charge in [-0.3, -0.25) is 4.79 Å². The summed E-state index contributed by atoms with van der Waals surface area (Å²) in [5.74, 6) is 0.154. The summed E-state index contributed by atoms with van der Waals surface area (Å²) >= 11 is 5.87. The smallest absolute Gasteiger partial charge is 0.245 e. The van der Waals surface area contributed by atoms with Gasteiger partial charge in [-0.15, -0.1) is 0 Å². The number of nitrogens with one attached hydrogen (secondary N) is 1. The monoisotopic (exact) mass is 396 g/mol. The molecule has 1 aliphatic rings. The van der Waals surface area contributed by atoms with E-state index in [2.05, 4.69) is 21.9 Å². The Morgan fingerprint density at radius 2 is 2.18 bits per heavy atom. The second-order valence-corrected chi connectivity index (χ2v) is 7.11. The molecule has 3 aromatic rings. The van der Waals surface area contributed by atoms with Crippen molar-refractivity contribution in [3.8, 4) is 0 Å². The van der Waals surface area contributed by atoms with Gasteiger partial charge in [0, 0.05) is 24.4 Å². The maximum absolute atomic E-state index is 14.3. The summed E-state index contributed by atoms with van der Waals surface area (Å²) in [6, 6.07) is 10.7. The lowest BCUT2D eigenvalue weighted by molar-refractivity contribution is -0.125. The first-order valence-electron chi connectivity index (χ1n) is 8.94. The molecule has 0 aliphatic carbocycles. The van der Waals surface area contributed by atoms with Crippen LogP contribution >= 0.6 is 11.6 Å². The number of fused-ring (bicyclic) bond motifs is 1. The molecule has 2 aromatic carbocycles. The minimum Gasteiger partial charge on any atom is -0.339 e. The van der Waals surface area contributed by atoms with Gasteiger partial charge in [0.05, 0.1) is 16.2 Å². The summed E-state index contributed by atoms with van der Waals surface area (Å²) in [6.07, 6.45) is 3.66. The molecule has 0 bridgehead atoms. The molecule has 1 aliphatic heterocycles. The number of rotatable bonds is 4. The summed E-state index contributed by atoms with van der Waals surface area (Å²) < 4.78 is 14.3. The van der Waals surface area contributed by atoms with Gasteiger partial charge in [0.15, 0.2) is 5.82 Å². The fraction of sp³-hybridized carbons (Fsp3) is 0.190. The topological polar surface area (TPSA) is 58.1 Å². The molecule has 1 saturated heterocycles. The average molecular weight is 397 g/mol. The van der Waals surface area contributed by atoms with Crippen molar-refractivity contribution in [3.63, 3.8) is 0 Å². The molecule has 2 heterocycles. The number of hydrogen-bond acceptors (Lipinski definition) is 4. The molecule has 1 atom stereocenters. The highest BCUT2D eigenvalue weighted by Gasteiger charge is 2.26. The molecule has 0 saturated carbocycles. The van der Waals surface area contributed by atoms with E-state index in [0.29, 0.717) is 18.9 Å². The van der Waals surface area contributed by atoms with E-state index in [4.69, 9.17) is 11.6 Å². The van der Waals surface area contributed by atoms with E-state index < -0.39 is 5.82 Å². The van der Waals surface area contributed by atoms with Crippen LogP contribution in [-0.2, 0) is 4.79 Å². The van der Waals surface area contributed by atoms with Crippen LogP contribution in [0.1, 0.15) is 17.9 Å². The summed E-state index contributed by atoms with van der Waals surface area (Å²) in [7, 11) is 0. The van der Waals surface area contributed by atoms with Crippen molar-refractivity contribution < 1.29 is 9.18 Å². The van der Waals surface area contributed by atoms with Crippen molar-refractivity contribution in [2.24, 2.45) is 0 Å². The standard InChI is InChI=1S/C21H18ClFN4O/c1-2-19(28)27-9-8-14(11-27)13-6-7-17-15(10-13)21(25-12-24-17)26-18-5-3-4-16(22)20(18)23/h2-7,10,12,14H,1,8-9,11H2,(H,24,25,26)/t14-/m1/s1. The number of carbonyl (C=O) groups excluding carboxylic acids is 1. The fourth-order valence-corrected chi connectivity index (χ4v) is 3.69. The number of amides is 1. The first-order chi connectivity index (χ1) is 13.6. The molecule has 4 rings (SSSR count). The van der Waals surface area contributed by atoms with Crippen LogP contribution in [-0.4, -0.2) is 33.9 Å². The van der Waals surface area contributed by atoms with Gasteiger partial charge in [0.1, 0.15) is 12.1 Å². The first kappa shape index (κ1) is 18.4. The van der Waals surface area contributed by atoms with Crippen molar-refractivity contribution in [2.45, 2.75) is 12.3 Å². The average Bonchev–Trinajstić information content (AvgIpc) is 3.21. The van der Waals surface area contributed by atoms with Crippen molar-refractivity contribution >= 4 is 39.9 Å². The van der Waals surface area contributed by atoms with Gasteiger partial charge in [-0.2, -0.15) is 0 Å². The second kappa shape index (κ2) is 7.56. The molecule has 142 valence electrons. The molecule has 0 unspecified atom stereocenters. The predicted molar refractivity (Wildman–Crippen MR) is 108 cm³/mol. The molecule has 1 amide bonds. The van der Waals surface area contributed by atoms with Crippen molar-refractivity contribution in [1.29, 1.82) is 0 Å². The number of likely N-dealkylation sites (tertiary alicyclic amines) is 1. The van der Waals surface area contributed by atoms with Gasteiger partial charge in [-0.1, -0.05) is 30.3 Å². The van der Waals surface area contributed by atoms with Gasteiger partial charge in [-0.05, 0) is 42.3 Å². The van der Waals surface area contributed by atoms with Crippen LogP contribution in [0.2, 0.25) is 5.02 Å². The molecular formula is C21H18ClFN4O. The van der Waals surface area contributed by atoms with Gasteiger partial charge in [0.2, 0.25) is 5.91 Å². The zero-order chi connectivity index (χ0) is 19.7. The van der Waals surface area contributed by atoms with Gasteiger partial charge in [-0.25, -0.2) is 14.4 Å². The van der Waals surface area contributed by atoms with Crippen LogP contribution in [0.3, 0.4) is 0 Å². The zero-order valence-electron chi connectivity index (χ0n) is 15.0. The van der Waals surface area contributed by atoms with Crippen LogP contribution in [0, 0.1) is 5.82 Å². The van der Waals surface area contributed by atoms with E-state index in [9.17, 15) is 9.18 Å². The van der Waals surface area contributed by atoms with E-state index in [1.807, 2.05) is 18.2 Å². The van der Waals surface area contributed by atoms with Crippen molar-refractivity contribution in [1.82, 2.24) is 14.9 Å². The van der Waals surface area contributed by atoms with Gasteiger partial charge in [0.25, 0.3) is 0 Å². The van der Waals surface area contributed by atoms with Crippen LogP contribution in [0.4, 0.5) is 15.9 Å². The Hall–Kier alpha value is -2.99. The number of carbonyl (C=O) groups is 1. The predicted octanol–water partition coefficient (Wildman–Crippen LogP) is 4.67. The van der Waals surface area contributed by atoms with Crippen LogP contribution in [0.5, 0.6) is 0 Å². The van der Waals surface area contributed by atoms with Gasteiger partial charge >= 0.3 is 0 Å². The Kier molecular flexibility index (Phi) is 4.96. The molecule has 7 heteroatoms. The maximum Gasteiger partial charge on any atom is 0.245 e. The van der Waals surface area contributed by atoms with Crippen LogP contribution < -0.4 is 5.32 Å². The van der Waals surface area contributed by atoms with E-state index in [-0.39, 0.29) is 22.5 Å². The Bertz CT molecular complexity index is 1070. The third-order valence-electron chi connectivity index (χ3n) is 5.01. The minimum atomic E-state index is -0.526. The third kappa shape index (κ3) is 3.43. The number of anilines is 2. The SMILES string of the molecule is C=CC(=O)N1CC[C@@H](c2ccc3ncnc(Nc4cccc(Cl)c4F)c3c2)C1. The zero-order valence-corrected chi connectivity index (χ0v) is 15.8. The third-order valence-corrected chi connectivity index (χ3v) is 5.30. The van der Waals surface area contributed by atoms with Crippen molar-refractivity contribution in [3.05, 3.63) is 71.8 Å². The fourth-order valence-electron chi connectivity index (χ4n) is 3.52. The highest BCUT2D eigenvalue weighted by molar-refractivity contribution is 6.31. The van der Waals surface area contributed by atoms with Gasteiger partial charge < -0.3 is 10.2 Å². The number of nitrogens with zero attached hydrogens (tertiary/aromatic N) is 3. The van der Waals surface area contributed by atoms with E-state index >= 15 is 0 Å². The number of halogens is 2. The largest absolute Gasteiger partial charge is 0.339 e. The number of hydrogen-bond donors (Lipinski definition) is 1. The van der Waals surface area contributed by atoms with Crippen molar-refractivity contribution in [2.75, 3.05) is 18.4 Å². The minimum absolute atomic E-state index is 0.0435. The molecule has 1 aromatic heterocycles. The molecule has 5 nitrogen and oxygen atoms in total. The lowest BCUT2D eigenvalue weighted by Crippen LogP contribution is -2.26. The summed E-state index contributed by atoms with van der Waals surface area (Å²) in [6.45, 7) is 4.91. The quantitative estimate of drug-likeness (QED) is 0.651. The summed E-state index contributed by atoms with van der Waals surface area (Å²) in [5.41, 5.74) is 2.10. The Balaban J connectivity index is 1.67. The number of benzene rings is 2. The highest BCUT2D eigenvalue weighted by atomic mass is 35.5. The second-order valence-electron chi connectivity index (χ2n) is 6.70.